The molecule has 0 saturated carbocycles. The lowest BCUT2D eigenvalue weighted by Crippen LogP contribution is -2.65. The van der Waals surface area contributed by atoms with Gasteiger partial charge in [0.1, 0.15) is 35.0 Å². The molecule has 2 heterocycles. The molecule has 0 unspecified atom stereocenters. The topological polar surface area (TPSA) is 201 Å². The Morgan fingerprint density at radius 2 is 1.62 bits per heavy atom. The quantitative estimate of drug-likeness (QED) is 0.226. The van der Waals surface area contributed by atoms with Gasteiger partial charge in [-0.25, -0.2) is 4.79 Å². The molecule has 3 rings (SSSR count). The maximum absolute atomic E-state index is 14.3. The maximum Gasteiger partial charge on any atom is 0.408 e. The van der Waals surface area contributed by atoms with Crippen molar-refractivity contribution in [3.05, 3.63) is 29.8 Å². The number of carbonyl (C=O) groups excluding carboxylic acids is 5. The minimum absolute atomic E-state index is 0.0804. The fourth-order valence-corrected chi connectivity index (χ4v) is 5.95. The minimum Gasteiger partial charge on any atom is -0.497 e. The normalized spacial score (nSPS) is 22.6. The van der Waals surface area contributed by atoms with E-state index in [2.05, 4.69) is 10.6 Å². The van der Waals surface area contributed by atoms with Crippen LogP contribution >= 0.6 is 0 Å². The summed E-state index contributed by atoms with van der Waals surface area (Å²) in [5.74, 6) is -2.11. The van der Waals surface area contributed by atoms with E-state index in [9.17, 15) is 34.2 Å². The predicted molar refractivity (Wildman–Crippen MR) is 163 cm³/mol. The highest BCUT2D eigenvalue weighted by Gasteiger charge is 2.53. The number of hydrogen-bond acceptors (Lipinski definition) is 9. The maximum atomic E-state index is 14.3. The number of aliphatic hydroxyl groups excluding tert-OH is 2. The van der Waals surface area contributed by atoms with Crippen LogP contribution in [0.3, 0.4) is 0 Å². The molecule has 250 valence electrons. The van der Waals surface area contributed by atoms with Crippen LogP contribution in [0.5, 0.6) is 5.75 Å². The highest BCUT2D eigenvalue weighted by molar-refractivity contribution is 5.98. The molecule has 0 aliphatic carbocycles. The number of primary amides is 1. The average molecular weight is 634 g/mol. The van der Waals surface area contributed by atoms with Gasteiger partial charge in [0.25, 0.3) is 0 Å². The first-order valence-corrected chi connectivity index (χ1v) is 15.2. The lowest BCUT2D eigenvalue weighted by Gasteiger charge is -2.41. The molecule has 0 aromatic heterocycles. The highest BCUT2D eigenvalue weighted by atomic mass is 16.6. The average Bonchev–Trinajstić information content (AvgIpc) is 3.61. The van der Waals surface area contributed by atoms with Crippen LogP contribution in [-0.2, 0) is 30.3 Å². The van der Waals surface area contributed by atoms with Crippen molar-refractivity contribution >= 4 is 29.7 Å². The van der Waals surface area contributed by atoms with Crippen LogP contribution in [0.2, 0.25) is 0 Å². The number of hydrogen-bond donors (Lipinski definition) is 5. The van der Waals surface area contributed by atoms with E-state index in [0.717, 1.165) is 0 Å². The summed E-state index contributed by atoms with van der Waals surface area (Å²) in [5.41, 5.74) is 3.88. The third-order valence-electron chi connectivity index (χ3n) is 8.15. The third kappa shape index (κ3) is 8.42. The number of nitrogens with zero attached hydrogens (tertiary/aromatic N) is 2. The smallest absolute Gasteiger partial charge is 0.408 e. The van der Waals surface area contributed by atoms with Crippen LogP contribution in [0.15, 0.2) is 24.3 Å². The Kier molecular flexibility index (Phi) is 11.4. The zero-order valence-corrected chi connectivity index (χ0v) is 26.9. The van der Waals surface area contributed by atoms with Gasteiger partial charge in [0, 0.05) is 19.5 Å². The summed E-state index contributed by atoms with van der Waals surface area (Å²) in [6, 6.07) is 3.28. The number of carbonyl (C=O) groups is 5. The summed E-state index contributed by atoms with van der Waals surface area (Å²) in [7, 11) is 1.53. The molecule has 1 aromatic rings. The Morgan fingerprint density at radius 3 is 2.16 bits per heavy atom. The molecule has 2 fully saturated rings. The predicted octanol–water partition coefficient (Wildman–Crippen LogP) is 0.215. The number of nitrogens with one attached hydrogen (secondary N) is 2. The van der Waals surface area contributed by atoms with E-state index in [1.807, 2.05) is 0 Å². The van der Waals surface area contributed by atoms with Crippen LogP contribution < -0.4 is 21.1 Å². The number of rotatable bonds is 11. The van der Waals surface area contributed by atoms with E-state index in [4.69, 9.17) is 15.2 Å². The molecule has 6 N–H and O–H groups in total. The molecule has 1 aromatic carbocycles. The lowest BCUT2D eigenvalue weighted by atomic mass is 9.86. The van der Waals surface area contributed by atoms with Crippen molar-refractivity contribution in [2.24, 2.45) is 5.73 Å². The Labute approximate surface area is 263 Å². The van der Waals surface area contributed by atoms with Crippen molar-refractivity contribution in [2.75, 3.05) is 20.2 Å². The van der Waals surface area contributed by atoms with E-state index >= 15 is 0 Å². The molecule has 14 nitrogen and oxygen atoms in total. The number of amides is 5. The first-order chi connectivity index (χ1) is 21.0. The van der Waals surface area contributed by atoms with Gasteiger partial charge in [0.05, 0.1) is 19.3 Å². The van der Waals surface area contributed by atoms with Crippen molar-refractivity contribution in [3.63, 3.8) is 0 Å². The van der Waals surface area contributed by atoms with E-state index in [0.29, 0.717) is 30.6 Å². The monoisotopic (exact) mass is 633 g/mol. The van der Waals surface area contributed by atoms with Crippen LogP contribution in [0, 0.1) is 0 Å². The molecule has 0 spiro atoms. The molecule has 0 radical (unpaired) electrons. The molecule has 14 heteroatoms. The van der Waals surface area contributed by atoms with E-state index in [-0.39, 0.29) is 25.9 Å². The molecule has 2 saturated heterocycles. The van der Waals surface area contributed by atoms with Crippen LogP contribution in [-0.4, -0.2) is 111 Å². The first kappa shape index (κ1) is 35.6. The third-order valence-corrected chi connectivity index (χ3v) is 8.15. The van der Waals surface area contributed by atoms with Crippen molar-refractivity contribution in [1.82, 2.24) is 20.4 Å². The van der Waals surface area contributed by atoms with Gasteiger partial charge in [-0.2, -0.15) is 0 Å². The molecular formula is C31H47N5O9. The number of alkyl carbamates (subject to hydrolysis) is 1. The van der Waals surface area contributed by atoms with Gasteiger partial charge in [-0.3, -0.25) is 19.2 Å². The van der Waals surface area contributed by atoms with Gasteiger partial charge < -0.3 is 45.9 Å². The molecule has 2 aliphatic rings. The summed E-state index contributed by atoms with van der Waals surface area (Å²) in [6.45, 7) is 8.08. The number of likely N-dealkylation sites (tertiary alicyclic amines) is 2. The van der Waals surface area contributed by atoms with Crippen molar-refractivity contribution < 1.29 is 43.7 Å². The van der Waals surface area contributed by atoms with E-state index < -0.39 is 71.2 Å². The van der Waals surface area contributed by atoms with Crippen LogP contribution in [0.4, 0.5) is 4.79 Å². The Balaban J connectivity index is 1.95. The van der Waals surface area contributed by atoms with Gasteiger partial charge in [-0.15, -0.1) is 0 Å². The summed E-state index contributed by atoms with van der Waals surface area (Å²) < 4.78 is 10.5. The molecule has 5 amide bonds. The van der Waals surface area contributed by atoms with Crippen molar-refractivity contribution in [2.45, 2.75) is 108 Å². The van der Waals surface area contributed by atoms with Crippen LogP contribution in [0.1, 0.15) is 65.9 Å². The first-order valence-electron chi connectivity index (χ1n) is 15.2. The second kappa shape index (κ2) is 14.5. The highest BCUT2D eigenvalue weighted by Crippen LogP contribution is 2.36. The summed E-state index contributed by atoms with van der Waals surface area (Å²) in [4.78, 5) is 69.5. The van der Waals surface area contributed by atoms with Gasteiger partial charge in [-0.1, -0.05) is 12.1 Å². The summed E-state index contributed by atoms with van der Waals surface area (Å²) in [5, 5.41) is 25.6. The van der Waals surface area contributed by atoms with Gasteiger partial charge in [0.15, 0.2) is 0 Å². The molecule has 6 atom stereocenters. The standard InChI is InChI=1S/C31H47N5O9/c1-18(37)23(25(32)39)33-28(42)31(17-20-10-12-21(44-6)13-11-20)14-8-16-36(31)26(40)22-9-7-15-35(22)27(41)24(19(2)38)34-29(43)45-30(3,4)5/h10-13,18-19,22-24,37-38H,7-9,14-17H2,1-6H3,(H2,32,39)(H,33,42)(H,34,43)/t18-,19-,22+,23+,24+,31+/m1/s1. The molecule has 0 bridgehead atoms. The lowest BCUT2D eigenvalue weighted by molar-refractivity contribution is -0.153. The Hall–Kier alpha value is -3.91. The van der Waals surface area contributed by atoms with Gasteiger partial charge >= 0.3 is 6.09 Å². The fourth-order valence-electron chi connectivity index (χ4n) is 5.95. The zero-order valence-electron chi connectivity index (χ0n) is 26.9. The second-order valence-electron chi connectivity index (χ2n) is 12.8. The number of ether oxygens (including phenoxy) is 2. The fraction of sp³-hybridized carbons (Fsp3) is 0.645. The molecule has 45 heavy (non-hydrogen) atoms. The minimum atomic E-state index is -1.47. The van der Waals surface area contributed by atoms with Crippen molar-refractivity contribution in [1.29, 1.82) is 0 Å². The molecular weight excluding hydrogens is 586 g/mol. The number of aliphatic hydroxyl groups is 2. The zero-order chi connectivity index (χ0) is 33.7. The number of methoxy groups -OCH3 is 1. The Morgan fingerprint density at radius 1 is 1.00 bits per heavy atom. The molecule has 2 aliphatic heterocycles. The summed E-state index contributed by atoms with van der Waals surface area (Å²) in [6.07, 6.45) is -1.89. The second-order valence-corrected chi connectivity index (χ2v) is 12.8. The summed E-state index contributed by atoms with van der Waals surface area (Å²) >= 11 is 0. The Bertz CT molecular complexity index is 1250. The van der Waals surface area contributed by atoms with Crippen molar-refractivity contribution in [3.8, 4) is 5.75 Å². The van der Waals surface area contributed by atoms with E-state index in [1.54, 1.807) is 45.0 Å². The number of nitrogens with two attached hydrogens (primary N) is 1. The number of benzene rings is 1. The van der Waals surface area contributed by atoms with Gasteiger partial charge in [-0.05, 0) is 78.0 Å². The SMILES string of the molecule is COc1ccc(C[C@]2(C(=O)N[C@H](C(N)=O)[C@@H](C)O)CCCN2C(=O)[C@@H]2CCCN2C(=O)[C@@H](NC(=O)OC(C)(C)C)[C@@H](C)O)cc1. The van der Waals surface area contributed by atoms with E-state index in [1.165, 1.54) is 30.8 Å². The largest absolute Gasteiger partial charge is 0.497 e. The van der Waals surface area contributed by atoms with Crippen LogP contribution in [0.25, 0.3) is 0 Å². The van der Waals surface area contributed by atoms with Gasteiger partial charge in [0.2, 0.25) is 23.6 Å².